The fourth-order valence-electron chi connectivity index (χ4n) is 2.76. The number of aromatic hydroxyl groups is 2. The van der Waals surface area contributed by atoms with E-state index in [0.717, 1.165) is 12.8 Å². The third-order valence-electron chi connectivity index (χ3n) is 4.03. The first kappa shape index (κ1) is 15.1. The van der Waals surface area contributed by atoms with Gasteiger partial charge in [0.1, 0.15) is 11.5 Å². The van der Waals surface area contributed by atoms with Crippen molar-refractivity contribution in [3.05, 3.63) is 59.2 Å². The van der Waals surface area contributed by atoms with Gasteiger partial charge in [-0.05, 0) is 43.2 Å². The van der Waals surface area contributed by atoms with Gasteiger partial charge in [0.05, 0.1) is 11.1 Å². The normalized spacial score (nSPS) is 14.0. The van der Waals surface area contributed by atoms with Crippen LogP contribution in [0.2, 0.25) is 0 Å². The fourth-order valence-corrected chi connectivity index (χ4v) is 2.76. The predicted octanol–water partition coefficient (Wildman–Crippen LogP) is 2.56. The standard InChI is InChI=1S/C18H17NO4/c20-15-6-2-1-5-13(15)17(22)12-7-8-16(21)14(11-12)18(23)19-9-3-4-10-19/h1-2,5-8,11,20-21H,3-4,9-10H2. The molecule has 0 atom stereocenters. The Labute approximate surface area is 133 Å². The zero-order chi connectivity index (χ0) is 16.4. The van der Waals surface area contributed by atoms with Crippen LogP contribution in [0, 0.1) is 0 Å². The number of hydrogen-bond donors (Lipinski definition) is 2. The van der Waals surface area contributed by atoms with Gasteiger partial charge in [0.25, 0.3) is 5.91 Å². The van der Waals surface area contributed by atoms with E-state index in [2.05, 4.69) is 0 Å². The molecule has 0 unspecified atom stereocenters. The van der Waals surface area contributed by atoms with Crippen molar-refractivity contribution in [2.75, 3.05) is 13.1 Å². The van der Waals surface area contributed by atoms with E-state index in [4.69, 9.17) is 0 Å². The summed E-state index contributed by atoms with van der Waals surface area (Å²) in [6, 6.07) is 10.4. The molecule has 1 aliphatic heterocycles. The van der Waals surface area contributed by atoms with Gasteiger partial charge in [-0.3, -0.25) is 9.59 Å². The Hall–Kier alpha value is -2.82. The highest BCUT2D eigenvalue weighted by atomic mass is 16.3. The zero-order valence-corrected chi connectivity index (χ0v) is 12.5. The molecule has 1 heterocycles. The van der Waals surface area contributed by atoms with Crippen molar-refractivity contribution in [3.63, 3.8) is 0 Å². The molecule has 1 fully saturated rings. The second-order valence-corrected chi connectivity index (χ2v) is 5.58. The average Bonchev–Trinajstić information content (AvgIpc) is 3.09. The van der Waals surface area contributed by atoms with Crippen LogP contribution in [-0.4, -0.2) is 39.9 Å². The lowest BCUT2D eigenvalue weighted by molar-refractivity contribution is 0.0790. The molecular formula is C18H17NO4. The minimum Gasteiger partial charge on any atom is -0.507 e. The van der Waals surface area contributed by atoms with Crippen LogP contribution in [0.1, 0.15) is 39.1 Å². The Morgan fingerprint density at radius 2 is 1.52 bits per heavy atom. The highest BCUT2D eigenvalue weighted by Crippen LogP contribution is 2.25. The van der Waals surface area contributed by atoms with Crippen molar-refractivity contribution in [1.82, 2.24) is 4.90 Å². The number of ketones is 1. The molecule has 118 valence electrons. The second kappa shape index (κ2) is 6.12. The van der Waals surface area contributed by atoms with Crippen molar-refractivity contribution >= 4 is 11.7 Å². The number of amides is 1. The van der Waals surface area contributed by atoms with Crippen molar-refractivity contribution in [1.29, 1.82) is 0 Å². The molecule has 2 aromatic rings. The molecule has 5 nitrogen and oxygen atoms in total. The summed E-state index contributed by atoms with van der Waals surface area (Å²) in [5, 5.41) is 19.8. The smallest absolute Gasteiger partial charge is 0.257 e. The summed E-state index contributed by atoms with van der Waals surface area (Å²) in [7, 11) is 0. The highest BCUT2D eigenvalue weighted by molar-refractivity contribution is 6.12. The molecule has 1 saturated heterocycles. The summed E-state index contributed by atoms with van der Waals surface area (Å²) in [5.74, 6) is -0.917. The lowest BCUT2D eigenvalue weighted by Crippen LogP contribution is -2.27. The van der Waals surface area contributed by atoms with Gasteiger partial charge < -0.3 is 15.1 Å². The van der Waals surface area contributed by atoms with Crippen LogP contribution in [0.5, 0.6) is 11.5 Å². The Bertz CT molecular complexity index is 763. The molecular weight excluding hydrogens is 294 g/mol. The molecule has 2 N–H and O–H groups in total. The largest absolute Gasteiger partial charge is 0.507 e. The molecule has 0 aromatic heterocycles. The SMILES string of the molecule is O=C(c1ccc(O)c(C(=O)N2CCCC2)c1)c1ccccc1O. The molecule has 23 heavy (non-hydrogen) atoms. The number of rotatable bonds is 3. The van der Waals surface area contributed by atoms with Crippen molar-refractivity contribution < 1.29 is 19.8 Å². The number of likely N-dealkylation sites (tertiary alicyclic amines) is 1. The quantitative estimate of drug-likeness (QED) is 0.854. The van der Waals surface area contributed by atoms with Gasteiger partial charge >= 0.3 is 0 Å². The number of benzene rings is 2. The maximum atomic E-state index is 12.5. The van der Waals surface area contributed by atoms with Crippen LogP contribution in [-0.2, 0) is 0 Å². The van der Waals surface area contributed by atoms with Gasteiger partial charge in [-0.2, -0.15) is 0 Å². The number of carbonyl (C=O) groups excluding carboxylic acids is 2. The number of phenolic OH excluding ortho intramolecular Hbond substituents is 2. The van der Waals surface area contributed by atoms with Crippen molar-refractivity contribution in [2.45, 2.75) is 12.8 Å². The first-order valence-electron chi connectivity index (χ1n) is 7.53. The Kier molecular flexibility index (Phi) is 4.02. The molecule has 0 bridgehead atoms. The zero-order valence-electron chi connectivity index (χ0n) is 12.5. The lowest BCUT2D eigenvalue weighted by Gasteiger charge is -2.16. The van der Waals surface area contributed by atoms with Gasteiger partial charge in [-0.15, -0.1) is 0 Å². The Morgan fingerprint density at radius 1 is 0.870 bits per heavy atom. The summed E-state index contributed by atoms with van der Waals surface area (Å²) in [6.45, 7) is 1.33. The monoisotopic (exact) mass is 311 g/mol. The van der Waals surface area contributed by atoms with Crippen LogP contribution in [0.3, 0.4) is 0 Å². The van der Waals surface area contributed by atoms with E-state index >= 15 is 0 Å². The number of hydrogen-bond acceptors (Lipinski definition) is 4. The van der Waals surface area contributed by atoms with E-state index in [1.165, 1.54) is 30.3 Å². The molecule has 1 amide bonds. The van der Waals surface area contributed by atoms with Crippen LogP contribution < -0.4 is 0 Å². The Balaban J connectivity index is 1.95. The minimum absolute atomic E-state index is 0.113. The molecule has 0 aliphatic carbocycles. The second-order valence-electron chi connectivity index (χ2n) is 5.58. The molecule has 0 spiro atoms. The topological polar surface area (TPSA) is 77.8 Å². The van der Waals surface area contributed by atoms with Crippen LogP contribution in [0.4, 0.5) is 0 Å². The van der Waals surface area contributed by atoms with Crippen LogP contribution >= 0.6 is 0 Å². The summed E-state index contributed by atoms with van der Waals surface area (Å²) in [6.07, 6.45) is 1.89. The third-order valence-corrected chi connectivity index (χ3v) is 4.03. The Morgan fingerprint density at radius 3 is 2.22 bits per heavy atom. The van der Waals surface area contributed by atoms with Crippen LogP contribution in [0.15, 0.2) is 42.5 Å². The van der Waals surface area contributed by atoms with E-state index in [9.17, 15) is 19.8 Å². The number of nitrogens with zero attached hydrogens (tertiary/aromatic N) is 1. The number of phenols is 2. The van der Waals surface area contributed by atoms with E-state index in [1.54, 1.807) is 17.0 Å². The van der Waals surface area contributed by atoms with Crippen molar-refractivity contribution in [3.8, 4) is 11.5 Å². The first-order valence-corrected chi connectivity index (χ1v) is 7.53. The van der Waals surface area contributed by atoms with Crippen LogP contribution in [0.25, 0.3) is 0 Å². The molecule has 2 aromatic carbocycles. The van der Waals surface area contributed by atoms with E-state index in [-0.39, 0.29) is 34.1 Å². The number of para-hydroxylation sites is 1. The van der Waals surface area contributed by atoms with Gasteiger partial charge in [0, 0.05) is 18.7 Å². The highest BCUT2D eigenvalue weighted by Gasteiger charge is 2.23. The lowest BCUT2D eigenvalue weighted by atomic mass is 9.99. The summed E-state index contributed by atoms with van der Waals surface area (Å²) in [5.41, 5.74) is 0.540. The predicted molar refractivity (Wildman–Crippen MR) is 84.8 cm³/mol. The summed E-state index contributed by atoms with van der Waals surface area (Å²) in [4.78, 5) is 26.6. The number of carbonyl (C=O) groups is 2. The molecule has 3 rings (SSSR count). The van der Waals surface area contributed by atoms with E-state index < -0.39 is 5.78 Å². The third kappa shape index (κ3) is 2.90. The van der Waals surface area contributed by atoms with Gasteiger partial charge in [0.2, 0.25) is 0 Å². The van der Waals surface area contributed by atoms with E-state index in [1.807, 2.05) is 0 Å². The average molecular weight is 311 g/mol. The van der Waals surface area contributed by atoms with Gasteiger partial charge in [0.15, 0.2) is 5.78 Å². The molecule has 0 saturated carbocycles. The minimum atomic E-state index is -0.390. The van der Waals surface area contributed by atoms with Gasteiger partial charge in [-0.1, -0.05) is 12.1 Å². The summed E-state index contributed by atoms with van der Waals surface area (Å²) >= 11 is 0. The first-order chi connectivity index (χ1) is 11.1. The molecule has 1 aliphatic rings. The molecule has 0 radical (unpaired) electrons. The van der Waals surface area contributed by atoms with Crippen molar-refractivity contribution in [2.24, 2.45) is 0 Å². The van der Waals surface area contributed by atoms with Gasteiger partial charge in [-0.25, -0.2) is 0 Å². The molecule has 5 heteroatoms. The van der Waals surface area contributed by atoms with E-state index in [0.29, 0.717) is 13.1 Å². The summed E-state index contributed by atoms with van der Waals surface area (Å²) < 4.78 is 0. The maximum Gasteiger partial charge on any atom is 0.257 e. The fraction of sp³-hybridized carbons (Fsp3) is 0.222. The maximum absolute atomic E-state index is 12.5.